The maximum absolute atomic E-state index is 12.7. The number of anilines is 1. The first-order valence-electron chi connectivity index (χ1n) is 11.4. The van der Waals surface area contributed by atoms with Gasteiger partial charge in [0.2, 0.25) is 0 Å². The molecule has 1 saturated heterocycles. The van der Waals surface area contributed by atoms with E-state index < -0.39 is 0 Å². The predicted molar refractivity (Wildman–Crippen MR) is 137 cm³/mol. The van der Waals surface area contributed by atoms with Crippen molar-refractivity contribution in [2.75, 3.05) is 31.7 Å². The second-order valence-electron chi connectivity index (χ2n) is 8.70. The van der Waals surface area contributed by atoms with Crippen LogP contribution in [-0.4, -0.2) is 42.2 Å². The molecule has 7 nitrogen and oxygen atoms in total. The smallest absolute Gasteiger partial charge is 0.256 e. The largest absolute Gasteiger partial charge is 0.491 e. The van der Waals surface area contributed by atoms with Crippen molar-refractivity contribution in [3.05, 3.63) is 64.1 Å². The van der Waals surface area contributed by atoms with Crippen molar-refractivity contribution < 1.29 is 14.3 Å². The highest BCUT2D eigenvalue weighted by molar-refractivity contribution is 7.81. The fourth-order valence-electron chi connectivity index (χ4n) is 3.89. The van der Waals surface area contributed by atoms with Gasteiger partial charge in [0.1, 0.15) is 10.7 Å². The van der Waals surface area contributed by atoms with Crippen molar-refractivity contribution in [2.45, 2.75) is 33.2 Å². The molecule has 0 unspecified atom stereocenters. The molecule has 2 aliphatic heterocycles. The molecule has 0 spiro atoms. The van der Waals surface area contributed by atoms with Crippen LogP contribution in [0, 0.1) is 12.3 Å². The van der Waals surface area contributed by atoms with E-state index in [-0.39, 0.29) is 11.3 Å². The van der Waals surface area contributed by atoms with Crippen LogP contribution in [0.5, 0.6) is 5.75 Å². The summed E-state index contributed by atoms with van der Waals surface area (Å²) < 4.78 is 11.5. The van der Waals surface area contributed by atoms with Crippen LogP contribution in [-0.2, 0) is 16.1 Å². The van der Waals surface area contributed by atoms with Gasteiger partial charge in [-0.25, -0.2) is 0 Å². The quantitative estimate of drug-likeness (QED) is 0.446. The number of ether oxygens (including phenoxy) is 2. The SMILES string of the molecule is CCC1(COc2cnccc2CNC2=C(C(=S)Nc3cccc(Cl)c3C)C(=O)NCC2)COC1. The van der Waals surface area contributed by atoms with Gasteiger partial charge < -0.3 is 25.4 Å². The molecule has 0 bridgehead atoms. The monoisotopic (exact) mass is 500 g/mol. The molecule has 4 rings (SSSR count). The Morgan fingerprint density at radius 1 is 1.35 bits per heavy atom. The highest BCUT2D eigenvalue weighted by atomic mass is 35.5. The molecule has 0 saturated carbocycles. The summed E-state index contributed by atoms with van der Waals surface area (Å²) >= 11 is 11.9. The van der Waals surface area contributed by atoms with Gasteiger partial charge in [0.05, 0.1) is 37.0 Å². The number of carbonyl (C=O) groups is 1. The van der Waals surface area contributed by atoms with Crippen LogP contribution >= 0.6 is 23.8 Å². The summed E-state index contributed by atoms with van der Waals surface area (Å²) in [6, 6.07) is 7.48. The molecule has 1 aromatic carbocycles. The second kappa shape index (κ2) is 10.7. The summed E-state index contributed by atoms with van der Waals surface area (Å²) in [7, 11) is 0. The number of pyridine rings is 1. The van der Waals surface area contributed by atoms with E-state index in [9.17, 15) is 4.79 Å². The number of rotatable bonds is 9. The van der Waals surface area contributed by atoms with Crippen LogP contribution < -0.4 is 20.7 Å². The molecule has 3 N–H and O–H groups in total. The molecule has 1 fully saturated rings. The van der Waals surface area contributed by atoms with Crippen molar-refractivity contribution in [3.63, 3.8) is 0 Å². The molecule has 180 valence electrons. The Morgan fingerprint density at radius 3 is 2.91 bits per heavy atom. The number of benzene rings is 1. The molecular formula is C25H29ClN4O3S. The molecule has 1 aromatic heterocycles. The van der Waals surface area contributed by atoms with Gasteiger partial charge in [0.25, 0.3) is 5.91 Å². The summed E-state index contributed by atoms with van der Waals surface area (Å²) in [4.78, 5) is 17.3. The lowest BCUT2D eigenvalue weighted by molar-refractivity contribution is -0.133. The Morgan fingerprint density at radius 2 is 2.18 bits per heavy atom. The highest BCUT2D eigenvalue weighted by Gasteiger charge is 2.37. The van der Waals surface area contributed by atoms with Gasteiger partial charge in [-0.15, -0.1) is 0 Å². The Bertz CT molecular complexity index is 1110. The third kappa shape index (κ3) is 5.35. The molecule has 34 heavy (non-hydrogen) atoms. The fraction of sp³-hybridized carbons (Fsp3) is 0.400. The zero-order valence-electron chi connectivity index (χ0n) is 19.4. The van der Waals surface area contributed by atoms with Crippen LogP contribution in [0.25, 0.3) is 0 Å². The van der Waals surface area contributed by atoms with Gasteiger partial charge in [-0.3, -0.25) is 9.78 Å². The minimum atomic E-state index is -0.202. The van der Waals surface area contributed by atoms with Gasteiger partial charge in [0.15, 0.2) is 0 Å². The maximum Gasteiger partial charge on any atom is 0.256 e. The number of nitrogens with one attached hydrogen (secondary N) is 3. The van der Waals surface area contributed by atoms with Crippen LogP contribution in [0.4, 0.5) is 5.69 Å². The Balaban J connectivity index is 1.49. The van der Waals surface area contributed by atoms with E-state index in [1.807, 2.05) is 31.2 Å². The lowest BCUT2D eigenvalue weighted by Gasteiger charge is -2.40. The van der Waals surface area contributed by atoms with E-state index in [0.29, 0.717) is 41.7 Å². The number of hydrogen-bond donors (Lipinski definition) is 3. The molecule has 0 aliphatic carbocycles. The molecule has 2 aromatic rings. The van der Waals surface area contributed by atoms with Crippen molar-refractivity contribution in [1.29, 1.82) is 0 Å². The lowest BCUT2D eigenvalue weighted by atomic mass is 9.84. The average Bonchev–Trinajstić information content (AvgIpc) is 2.81. The minimum absolute atomic E-state index is 0.0774. The van der Waals surface area contributed by atoms with E-state index in [2.05, 4.69) is 27.9 Å². The summed E-state index contributed by atoms with van der Waals surface area (Å²) in [5.41, 5.74) is 3.92. The average molecular weight is 501 g/mol. The molecule has 3 heterocycles. The number of amides is 1. The van der Waals surface area contributed by atoms with Gasteiger partial charge in [-0.1, -0.05) is 36.8 Å². The summed E-state index contributed by atoms with van der Waals surface area (Å²) in [5.74, 6) is 0.527. The van der Waals surface area contributed by atoms with Crippen molar-refractivity contribution in [2.24, 2.45) is 5.41 Å². The molecule has 0 radical (unpaired) electrons. The first-order valence-corrected chi connectivity index (χ1v) is 12.2. The van der Waals surface area contributed by atoms with E-state index in [4.69, 9.17) is 33.3 Å². The van der Waals surface area contributed by atoms with Gasteiger partial charge in [-0.05, 0) is 37.1 Å². The van der Waals surface area contributed by atoms with E-state index in [1.165, 1.54) is 0 Å². The number of thiocarbonyl (C=S) groups is 1. The number of aromatic nitrogens is 1. The first kappa shape index (κ1) is 24.4. The standard InChI is InChI=1S/C25H29ClN4O3S/c1-3-25(13-32-14-25)15-33-21-12-27-9-7-17(21)11-29-20-8-10-28-23(31)22(20)24(34)30-19-6-4-5-18(26)16(19)2/h4-7,9,12,29H,3,8,10-11,13-15H2,1-2H3,(H,28,31)(H,30,34). The van der Waals surface area contributed by atoms with Crippen LogP contribution in [0.15, 0.2) is 47.9 Å². The molecule has 1 amide bonds. The highest BCUT2D eigenvalue weighted by Crippen LogP contribution is 2.32. The number of carbonyl (C=O) groups excluding carboxylic acids is 1. The van der Waals surface area contributed by atoms with E-state index >= 15 is 0 Å². The zero-order valence-corrected chi connectivity index (χ0v) is 20.9. The van der Waals surface area contributed by atoms with Crippen LogP contribution in [0.2, 0.25) is 5.02 Å². The molecule has 0 atom stereocenters. The van der Waals surface area contributed by atoms with Crippen molar-refractivity contribution in [3.8, 4) is 5.75 Å². The van der Waals surface area contributed by atoms with Crippen molar-refractivity contribution >= 4 is 40.4 Å². The van der Waals surface area contributed by atoms with Gasteiger partial charge in [0, 0.05) is 47.7 Å². The molecule has 2 aliphatic rings. The number of hydrogen-bond acceptors (Lipinski definition) is 6. The minimum Gasteiger partial charge on any atom is -0.491 e. The summed E-state index contributed by atoms with van der Waals surface area (Å²) in [5, 5.41) is 10.1. The van der Waals surface area contributed by atoms with Crippen molar-refractivity contribution in [1.82, 2.24) is 15.6 Å². The first-order chi connectivity index (χ1) is 16.4. The predicted octanol–water partition coefficient (Wildman–Crippen LogP) is 4.15. The van der Waals surface area contributed by atoms with Crippen LogP contribution in [0.3, 0.4) is 0 Å². The fourth-order valence-corrected chi connectivity index (χ4v) is 4.39. The topological polar surface area (TPSA) is 84.5 Å². The number of halogens is 1. The van der Waals surface area contributed by atoms with Gasteiger partial charge in [-0.2, -0.15) is 0 Å². The summed E-state index contributed by atoms with van der Waals surface area (Å²) in [6.07, 6.45) is 5.12. The summed E-state index contributed by atoms with van der Waals surface area (Å²) in [6.45, 7) is 7.12. The Kier molecular flexibility index (Phi) is 7.70. The zero-order chi connectivity index (χ0) is 24.1. The Hall–Kier alpha value is -2.68. The number of nitrogens with zero attached hydrogens (tertiary/aromatic N) is 1. The van der Waals surface area contributed by atoms with E-state index in [1.54, 1.807) is 12.4 Å². The Labute approximate surface area is 210 Å². The molecular weight excluding hydrogens is 472 g/mol. The maximum atomic E-state index is 12.7. The van der Waals surface area contributed by atoms with Crippen LogP contribution in [0.1, 0.15) is 30.9 Å². The third-order valence-corrected chi connectivity index (χ3v) is 7.11. The third-order valence-electron chi connectivity index (χ3n) is 6.39. The normalized spacial score (nSPS) is 17.0. The molecule has 9 heteroatoms. The van der Waals surface area contributed by atoms with Gasteiger partial charge >= 0.3 is 0 Å². The second-order valence-corrected chi connectivity index (χ2v) is 9.51. The van der Waals surface area contributed by atoms with E-state index in [0.717, 1.165) is 47.9 Å². The lowest BCUT2D eigenvalue weighted by Crippen LogP contribution is -2.46.